The van der Waals surface area contributed by atoms with Gasteiger partial charge in [-0.1, -0.05) is 78.9 Å². The largest absolute Gasteiger partial charge is 0.493 e. The summed E-state index contributed by atoms with van der Waals surface area (Å²) >= 11 is 0. The third-order valence-corrected chi connectivity index (χ3v) is 11.2. The molecule has 1 fully saturated rings. The van der Waals surface area contributed by atoms with E-state index in [4.69, 9.17) is 19.3 Å². The molecule has 0 bridgehead atoms. The van der Waals surface area contributed by atoms with Crippen molar-refractivity contribution in [2.24, 2.45) is 13.0 Å². The Labute approximate surface area is 316 Å². The summed E-state index contributed by atoms with van der Waals surface area (Å²) in [4.78, 5) is 30.4. The quantitative estimate of drug-likeness (QED) is 0.110. The first-order chi connectivity index (χ1) is 26.4. The zero-order valence-corrected chi connectivity index (χ0v) is 31.5. The van der Waals surface area contributed by atoms with Gasteiger partial charge in [0.25, 0.3) is 0 Å². The maximum Gasteiger partial charge on any atom is 0.355 e. The number of nitrogens with zero attached hydrogens (tertiary/aromatic N) is 4. The third-order valence-electron chi connectivity index (χ3n) is 11.2. The second kappa shape index (κ2) is 15.5. The predicted molar refractivity (Wildman–Crippen MR) is 211 cm³/mol. The van der Waals surface area contributed by atoms with Crippen molar-refractivity contribution in [2.75, 3.05) is 26.4 Å². The zero-order valence-electron chi connectivity index (χ0n) is 31.5. The lowest BCUT2D eigenvalue weighted by molar-refractivity contribution is -0.134. The van der Waals surface area contributed by atoms with E-state index >= 15 is 0 Å². The van der Waals surface area contributed by atoms with Crippen molar-refractivity contribution in [1.29, 1.82) is 0 Å². The highest BCUT2D eigenvalue weighted by Crippen LogP contribution is 2.40. The first-order valence-electron chi connectivity index (χ1n) is 19.3. The molecule has 8 rings (SSSR count). The number of fused-ring (bicyclic) bond motifs is 4. The molecule has 2 aromatic heterocycles. The maximum absolute atomic E-state index is 14.2. The number of hydrogen-bond donors (Lipinski definition) is 0. The predicted octanol–water partition coefficient (Wildman–Crippen LogP) is 8.40. The molecule has 2 aliphatic rings. The standard InChI is InChI=1S/C45H48N4O5/c1-4-53-45(51)44-37(19-11-23-54-40-20-9-15-32-12-7-8-16-35(32)40)36-17-10-18-38-42-30(2)47(3)46-39(42)29-48(41(50)26-31-21-24-52-25-22-31)27-33-13-5-6-14-34(33)28-49(44)43(36)38/h5-10,12-18,20,31H,4,11,19,21-29H2,1-3H3. The van der Waals surface area contributed by atoms with E-state index in [1.54, 1.807) is 0 Å². The van der Waals surface area contributed by atoms with Crippen LogP contribution in [-0.2, 0) is 47.4 Å². The van der Waals surface area contributed by atoms with Crippen LogP contribution in [0.15, 0.2) is 84.9 Å². The molecule has 0 saturated carbocycles. The van der Waals surface area contributed by atoms with Gasteiger partial charge in [-0.15, -0.1) is 0 Å². The number of esters is 1. The molecule has 4 heterocycles. The minimum absolute atomic E-state index is 0.128. The number of para-hydroxylation sites is 1. The van der Waals surface area contributed by atoms with Gasteiger partial charge in [-0.25, -0.2) is 4.79 Å². The van der Waals surface area contributed by atoms with Gasteiger partial charge in [0, 0.05) is 67.4 Å². The summed E-state index contributed by atoms with van der Waals surface area (Å²) in [6.45, 7) is 7.37. The Kier molecular flexibility index (Phi) is 10.2. The highest BCUT2D eigenvalue weighted by atomic mass is 16.5. The Morgan fingerprint density at radius 2 is 1.59 bits per heavy atom. The number of aryl methyl sites for hydroxylation is 2. The minimum atomic E-state index is -0.339. The van der Waals surface area contributed by atoms with E-state index in [2.05, 4.69) is 60.0 Å². The van der Waals surface area contributed by atoms with E-state index in [-0.39, 0.29) is 18.5 Å². The minimum Gasteiger partial charge on any atom is -0.493 e. The number of benzene rings is 4. The van der Waals surface area contributed by atoms with Crippen LogP contribution < -0.4 is 4.74 Å². The summed E-state index contributed by atoms with van der Waals surface area (Å²) in [6.07, 6.45) is 3.62. The Morgan fingerprint density at radius 1 is 0.870 bits per heavy atom. The van der Waals surface area contributed by atoms with E-state index in [1.165, 1.54) is 0 Å². The van der Waals surface area contributed by atoms with Gasteiger partial charge in [0.05, 0.1) is 31.0 Å². The van der Waals surface area contributed by atoms with Gasteiger partial charge in [0.1, 0.15) is 11.4 Å². The van der Waals surface area contributed by atoms with Crippen LogP contribution in [0.2, 0.25) is 0 Å². The number of hydrogen-bond acceptors (Lipinski definition) is 6. The molecule has 6 aromatic rings. The number of aromatic nitrogens is 3. The van der Waals surface area contributed by atoms with Crippen LogP contribution in [-0.4, -0.2) is 57.6 Å². The molecule has 9 heteroatoms. The fraction of sp³-hybridized carbons (Fsp3) is 0.356. The molecule has 1 amide bonds. The zero-order chi connectivity index (χ0) is 37.2. The lowest BCUT2D eigenvalue weighted by atomic mass is 9.95. The molecule has 2 aliphatic heterocycles. The lowest BCUT2D eigenvalue weighted by Gasteiger charge is -2.27. The van der Waals surface area contributed by atoms with Crippen molar-refractivity contribution >= 4 is 33.6 Å². The highest BCUT2D eigenvalue weighted by molar-refractivity contribution is 6.05. The van der Waals surface area contributed by atoms with Crippen LogP contribution >= 0.6 is 0 Å². The van der Waals surface area contributed by atoms with Crippen LogP contribution in [0, 0.1) is 12.8 Å². The van der Waals surface area contributed by atoms with Crippen molar-refractivity contribution in [3.8, 4) is 16.9 Å². The molecule has 54 heavy (non-hydrogen) atoms. The average molecular weight is 725 g/mol. The van der Waals surface area contributed by atoms with E-state index in [9.17, 15) is 9.59 Å². The van der Waals surface area contributed by atoms with Crippen LogP contribution in [0.3, 0.4) is 0 Å². The molecule has 0 aliphatic carbocycles. The van der Waals surface area contributed by atoms with Gasteiger partial charge in [-0.3, -0.25) is 9.48 Å². The monoisotopic (exact) mass is 724 g/mol. The van der Waals surface area contributed by atoms with Crippen molar-refractivity contribution in [1.82, 2.24) is 19.2 Å². The number of carbonyl (C=O) groups is 2. The second-order valence-electron chi connectivity index (χ2n) is 14.6. The fourth-order valence-corrected chi connectivity index (χ4v) is 8.40. The van der Waals surface area contributed by atoms with Gasteiger partial charge >= 0.3 is 5.97 Å². The van der Waals surface area contributed by atoms with Crippen molar-refractivity contribution < 1.29 is 23.8 Å². The molecule has 0 spiro atoms. The van der Waals surface area contributed by atoms with E-state index in [0.717, 1.165) is 79.5 Å². The Hall–Kier alpha value is -5.41. The van der Waals surface area contributed by atoms with E-state index in [1.807, 2.05) is 60.0 Å². The molecule has 0 unspecified atom stereocenters. The van der Waals surface area contributed by atoms with Gasteiger partial charge in [-0.05, 0) is 73.6 Å². The summed E-state index contributed by atoms with van der Waals surface area (Å²) < 4.78 is 21.9. The second-order valence-corrected chi connectivity index (χ2v) is 14.6. The molecule has 0 radical (unpaired) electrons. The van der Waals surface area contributed by atoms with Crippen molar-refractivity contribution in [3.05, 3.63) is 119 Å². The summed E-state index contributed by atoms with van der Waals surface area (Å²) in [5.74, 6) is 0.952. The number of carbonyl (C=O) groups excluding carboxylic acids is 2. The molecule has 0 N–H and O–H groups in total. The molecule has 9 nitrogen and oxygen atoms in total. The normalized spacial score (nSPS) is 14.8. The Morgan fingerprint density at radius 3 is 2.41 bits per heavy atom. The summed E-state index contributed by atoms with van der Waals surface area (Å²) in [6, 6.07) is 29.0. The molecule has 1 saturated heterocycles. The summed E-state index contributed by atoms with van der Waals surface area (Å²) in [5, 5.41) is 8.28. The summed E-state index contributed by atoms with van der Waals surface area (Å²) in [5.41, 5.74) is 8.44. The first-order valence-corrected chi connectivity index (χ1v) is 19.3. The first kappa shape index (κ1) is 35.6. The van der Waals surface area contributed by atoms with Crippen LogP contribution in [0.5, 0.6) is 5.75 Å². The lowest BCUT2D eigenvalue weighted by Crippen LogP contribution is -2.33. The number of ether oxygens (including phenoxy) is 3. The number of rotatable bonds is 9. The molecule has 4 aromatic carbocycles. The average Bonchev–Trinajstić information content (AvgIpc) is 3.64. The number of amides is 1. The molecule has 0 atom stereocenters. The van der Waals surface area contributed by atoms with E-state index < -0.39 is 0 Å². The Bertz CT molecular complexity index is 2330. The van der Waals surface area contributed by atoms with Gasteiger partial charge in [-0.2, -0.15) is 5.10 Å². The molecular weight excluding hydrogens is 677 g/mol. The smallest absolute Gasteiger partial charge is 0.355 e. The maximum atomic E-state index is 14.2. The Balaban J connectivity index is 1.23. The van der Waals surface area contributed by atoms with Crippen molar-refractivity contribution in [2.45, 2.75) is 65.6 Å². The van der Waals surface area contributed by atoms with Gasteiger partial charge < -0.3 is 23.7 Å². The van der Waals surface area contributed by atoms with Gasteiger partial charge in [0.15, 0.2) is 0 Å². The van der Waals surface area contributed by atoms with Crippen LogP contribution in [0.4, 0.5) is 0 Å². The van der Waals surface area contributed by atoms with Crippen molar-refractivity contribution in [3.63, 3.8) is 0 Å². The van der Waals surface area contributed by atoms with Crippen LogP contribution in [0.1, 0.15) is 71.2 Å². The third kappa shape index (κ3) is 6.89. The van der Waals surface area contributed by atoms with E-state index in [0.29, 0.717) is 70.3 Å². The SMILES string of the molecule is CCOC(=O)c1c(CCCOc2cccc3ccccc23)c2cccc3c2n1Cc1ccccc1CN(C(=O)CC1CCOCC1)Cc1nn(C)c(C)c1-3. The topological polar surface area (TPSA) is 87.8 Å². The highest BCUT2D eigenvalue weighted by Gasteiger charge is 2.31. The van der Waals surface area contributed by atoms with Gasteiger partial charge in [0.2, 0.25) is 5.91 Å². The fourth-order valence-electron chi connectivity index (χ4n) is 8.40. The van der Waals surface area contributed by atoms with Crippen LogP contribution in [0.25, 0.3) is 32.8 Å². The molecule has 278 valence electrons. The molecular formula is C45H48N4O5. The summed E-state index contributed by atoms with van der Waals surface area (Å²) in [7, 11) is 1.96.